The first-order valence-electron chi connectivity index (χ1n) is 20.8. The van der Waals surface area contributed by atoms with Crippen LogP contribution in [0.3, 0.4) is 0 Å². The summed E-state index contributed by atoms with van der Waals surface area (Å²) in [6.07, 6.45) is 20.0. The molecule has 2 nitrogen and oxygen atoms in total. The van der Waals surface area contributed by atoms with Crippen LogP contribution >= 0.6 is 10.4 Å². The van der Waals surface area contributed by atoms with Gasteiger partial charge in [0, 0.05) is 46.8 Å². The van der Waals surface area contributed by atoms with Crippen molar-refractivity contribution in [2.24, 2.45) is 16.2 Å². The Hall–Kier alpha value is -3.40. The van der Waals surface area contributed by atoms with E-state index in [1.54, 1.807) is 0 Å². The van der Waals surface area contributed by atoms with Crippen molar-refractivity contribution >= 4 is 27.8 Å². The monoisotopic (exact) mass is 746 g/mol. The van der Waals surface area contributed by atoms with E-state index in [4.69, 9.17) is 0 Å². The minimum atomic E-state index is -2.19. The average Bonchev–Trinajstić information content (AvgIpc) is 3.57. The van der Waals surface area contributed by atoms with Crippen LogP contribution in [-0.2, 0) is 6.42 Å². The van der Waals surface area contributed by atoms with Crippen LogP contribution in [0.2, 0.25) is 0 Å². The maximum absolute atomic E-state index is 4.25. The molecule has 0 N–H and O–H groups in total. The number of hydrogen-bond donors (Lipinski definition) is 0. The van der Waals surface area contributed by atoms with Crippen LogP contribution in [0.5, 0.6) is 0 Å². The number of fused-ring (bicyclic) bond motifs is 2. The Kier molecular flexibility index (Phi) is 14.5. The minimum absolute atomic E-state index is 0.126. The highest BCUT2D eigenvalue weighted by molar-refractivity contribution is 8.35. The lowest BCUT2D eigenvalue weighted by molar-refractivity contribution is -0.283. The summed E-state index contributed by atoms with van der Waals surface area (Å²) in [6, 6.07) is 11.4. The zero-order chi connectivity index (χ0) is 39.9. The molecule has 0 amide bonds. The molecule has 3 heterocycles. The molecular formula is C51H73N2S+. The second-order valence-corrected chi connectivity index (χ2v) is 21.6. The van der Waals surface area contributed by atoms with E-state index in [9.17, 15) is 0 Å². The minimum Gasteiger partial charge on any atom is -0.238 e. The Morgan fingerprint density at radius 3 is 2.11 bits per heavy atom. The zero-order valence-corrected chi connectivity index (χ0v) is 37.4. The molecule has 1 aromatic carbocycles. The normalized spacial score (nSPS) is 18.4. The van der Waals surface area contributed by atoms with E-state index in [-0.39, 0.29) is 5.41 Å². The third kappa shape index (κ3) is 11.3. The quantitative estimate of drug-likeness (QED) is 0.0787. The summed E-state index contributed by atoms with van der Waals surface area (Å²) in [6.45, 7) is 34.4. The van der Waals surface area contributed by atoms with Crippen LogP contribution < -0.4 is 0 Å². The van der Waals surface area contributed by atoms with Gasteiger partial charge in [-0.15, -0.1) is 10.6 Å². The Bertz CT molecular complexity index is 1920. The van der Waals surface area contributed by atoms with Crippen molar-refractivity contribution in [1.82, 2.24) is 3.97 Å². The predicted molar refractivity (Wildman–Crippen MR) is 242 cm³/mol. The molecule has 0 bridgehead atoms. The molecule has 0 fully saturated rings. The molecule has 4 rings (SSSR count). The van der Waals surface area contributed by atoms with Gasteiger partial charge in [-0.05, 0) is 124 Å². The van der Waals surface area contributed by atoms with Gasteiger partial charge in [0.25, 0.3) is 0 Å². The molecule has 54 heavy (non-hydrogen) atoms. The fourth-order valence-electron chi connectivity index (χ4n) is 7.71. The van der Waals surface area contributed by atoms with Gasteiger partial charge in [-0.25, -0.2) is 3.97 Å². The molecule has 3 heteroatoms. The van der Waals surface area contributed by atoms with Gasteiger partial charge in [-0.1, -0.05) is 117 Å². The SMILES string of the molecule is C=C(C)CCCC1=C2C(C)=CC(/C=C/c3ccc(CC)cc3)=[N+]2S(C#CCCCCC(C)(C)C)(C#CCC(C)(C)CCCC(C)(C)C)n2c(C)cc(C)c21. The molecular weight excluding hydrogens is 673 g/mol. The molecule has 1 atom stereocenters. The fraction of sp³-hybridized carbons (Fsp3) is 0.549. The highest BCUT2D eigenvalue weighted by Crippen LogP contribution is 2.60. The largest absolute Gasteiger partial charge is 0.238 e. The van der Waals surface area contributed by atoms with Crippen molar-refractivity contribution in [3.63, 3.8) is 0 Å². The molecule has 2 aliphatic rings. The Balaban J connectivity index is 1.96. The number of benzene rings is 1. The molecule has 0 saturated carbocycles. The van der Waals surface area contributed by atoms with Gasteiger partial charge in [-0.2, -0.15) is 0 Å². The van der Waals surface area contributed by atoms with Crippen LogP contribution in [0.25, 0.3) is 11.6 Å². The van der Waals surface area contributed by atoms with Crippen LogP contribution in [0.4, 0.5) is 0 Å². The fourth-order valence-corrected chi connectivity index (χ4v) is 10.8. The van der Waals surface area contributed by atoms with E-state index in [1.807, 2.05) is 0 Å². The van der Waals surface area contributed by atoms with Gasteiger partial charge in [0.1, 0.15) is 0 Å². The summed E-state index contributed by atoms with van der Waals surface area (Å²) in [7, 11) is -2.19. The number of nitrogens with zero attached hydrogens (tertiary/aromatic N) is 2. The second kappa shape index (κ2) is 18.0. The number of unbranched alkanes of at least 4 members (excludes halogenated alkanes) is 2. The van der Waals surface area contributed by atoms with Gasteiger partial charge in [0.15, 0.2) is 10.4 Å². The summed E-state index contributed by atoms with van der Waals surface area (Å²) in [5.41, 5.74) is 13.8. The van der Waals surface area contributed by atoms with Gasteiger partial charge < -0.3 is 0 Å². The highest BCUT2D eigenvalue weighted by Gasteiger charge is 2.51. The molecule has 292 valence electrons. The van der Waals surface area contributed by atoms with Crippen LogP contribution in [-0.4, -0.2) is 13.7 Å². The molecule has 2 aromatic rings. The smallest absolute Gasteiger partial charge is 0.229 e. The Morgan fingerprint density at radius 2 is 1.48 bits per heavy atom. The molecule has 2 aliphatic heterocycles. The molecule has 1 aromatic heterocycles. The van der Waals surface area contributed by atoms with E-state index in [1.165, 1.54) is 88.3 Å². The molecule has 0 spiro atoms. The lowest BCUT2D eigenvalue weighted by Gasteiger charge is -2.35. The molecule has 0 radical (unpaired) electrons. The van der Waals surface area contributed by atoms with Crippen molar-refractivity contribution in [2.75, 3.05) is 0 Å². The third-order valence-corrected chi connectivity index (χ3v) is 13.5. The summed E-state index contributed by atoms with van der Waals surface area (Å²) < 4.78 is 5.20. The second-order valence-electron chi connectivity index (χ2n) is 19.4. The van der Waals surface area contributed by atoms with Gasteiger partial charge in [-0.3, -0.25) is 0 Å². The third-order valence-electron chi connectivity index (χ3n) is 10.7. The van der Waals surface area contributed by atoms with Gasteiger partial charge >= 0.3 is 0 Å². The van der Waals surface area contributed by atoms with Crippen molar-refractivity contribution in [2.45, 2.75) is 167 Å². The Labute approximate surface area is 334 Å². The first-order valence-corrected chi connectivity index (χ1v) is 22.3. The number of aromatic nitrogens is 1. The van der Waals surface area contributed by atoms with Gasteiger partial charge in [0.2, 0.25) is 11.4 Å². The summed E-state index contributed by atoms with van der Waals surface area (Å²) in [5.74, 6) is 7.66. The van der Waals surface area contributed by atoms with Crippen molar-refractivity contribution < 1.29 is 3.98 Å². The van der Waals surface area contributed by atoms with Crippen molar-refractivity contribution in [1.29, 1.82) is 0 Å². The van der Waals surface area contributed by atoms with Gasteiger partial charge in [0.05, 0.1) is 11.3 Å². The number of aryl methyl sites for hydroxylation is 3. The average molecular weight is 746 g/mol. The molecule has 0 aliphatic carbocycles. The predicted octanol–water partition coefficient (Wildman–Crippen LogP) is 14.9. The number of hydrogen-bond acceptors (Lipinski definition) is 0. The summed E-state index contributed by atoms with van der Waals surface area (Å²) >= 11 is 0. The first kappa shape index (κ1) is 43.3. The highest BCUT2D eigenvalue weighted by atomic mass is 32.3. The lowest BCUT2D eigenvalue weighted by Crippen LogP contribution is -2.30. The van der Waals surface area contributed by atoms with Crippen LogP contribution in [0.15, 0.2) is 65.9 Å². The zero-order valence-electron chi connectivity index (χ0n) is 36.6. The number of allylic oxidation sites excluding steroid dienone is 5. The lowest BCUT2D eigenvalue weighted by atomic mass is 9.81. The standard InChI is InChI=1S/C51H73N2S/c1-15-43-25-27-44(28-26-43)29-30-45-38-41(5)48-46(24-20-23-39(2)3)47-40(4)37-42(6)52(47)54(53(45)48,35-19-17-16-18-31-49(7,8)9)36-22-34-51(13,14)33-21-32-50(10,11)12/h25-30,37-38H,2,15-18,20-21,23-24,31-34H2,1,3-14H3/q+1/b30-29+. The van der Waals surface area contributed by atoms with E-state index < -0.39 is 10.4 Å². The van der Waals surface area contributed by atoms with Crippen LogP contribution in [0, 0.1) is 52.4 Å². The number of rotatable bonds is 14. The Morgan fingerprint density at radius 1 is 0.833 bits per heavy atom. The molecule has 0 saturated heterocycles. The summed E-state index contributed by atoms with van der Waals surface area (Å²) in [4.78, 5) is 0. The maximum atomic E-state index is 4.25. The van der Waals surface area contributed by atoms with E-state index in [0.717, 1.165) is 44.9 Å². The topological polar surface area (TPSA) is 7.94 Å². The van der Waals surface area contributed by atoms with E-state index >= 15 is 0 Å². The van der Waals surface area contributed by atoms with E-state index in [0.29, 0.717) is 10.8 Å². The van der Waals surface area contributed by atoms with Crippen molar-refractivity contribution in [3.05, 3.63) is 94.0 Å². The van der Waals surface area contributed by atoms with Crippen LogP contribution in [0.1, 0.15) is 175 Å². The summed E-state index contributed by atoms with van der Waals surface area (Å²) in [5, 5.41) is 8.10. The van der Waals surface area contributed by atoms with E-state index in [2.05, 4.69) is 175 Å². The molecule has 1 unspecified atom stereocenters. The van der Waals surface area contributed by atoms with Crippen molar-refractivity contribution in [3.8, 4) is 22.3 Å². The first-order chi connectivity index (χ1) is 25.3. The maximum Gasteiger partial charge on any atom is 0.229 e.